The maximum absolute atomic E-state index is 11.2. The van der Waals surface area contributed by atoms with E-state index in [9.17, 15) is 5.11 Å². The molecule has 0 saturated heterocycles. The summed E-state index contributed by atoms with van der Waals surface area (Å²) in [7, 11) is 1.65. The number of aliphatic imine (C=N–C) groups is 1. The van der Waals surface area contributed by atoms with Crippen molar-refractivity contribution in [2.45, 2.75) is 77.5 Å². The van der Waals surface area contributed by atoms with E-state index in [1.54, 1.807) is 7.11 Å². The van der Waals surface area contributed by atoms with Gasteiger partial charge in [0.15, 0.2) is 0 Å². The van der Waals surface area contributed by atoms with E-state index in [2.05, 4.69) is 49.9 Å². The summed E-state index contributed by atoms with van der Waals surface area (Å²) in [5, 5.41) is 11.2. The summed E-state index contributed by atoms with van der Waals surface area (Å²) in [6, 6.07) is 13.4. The molecular weight excluding hydrogens is 424 g/mol. The number of phenolic OH excluding ortho intramolecular Hbond substituents is 1. The highest BCUT2D eigenvalue weighted by Gasteiger charge is 2.32. The minimum Gasteiger partial charge on any atom is -0.505 e. The van der Waals surface area contributed by atoms with Crippen LogP contribution < -0.4 is 4.74 Å². The lowest BCUT2D eigenvalue weighted by Crippen LogP contribution is -2.42. The Kier molecular flexibility index (Phi) is 7.60. The van der Waals surface area contributed by atoms with Gasteiger partial charge in [-0.3, -0.25) is 0 Å². The van der Waals surface area contributed by atoms with Crippen molar-refractivity contribution in [2.24, 2.45) is 4.99 Å². The second kappa shape index (κ2) is 10.0. The standard InChI is InChI=1S/C26H34N2O3.ClH/c1-26(2,3)21-15-22(30-4)20-17-31-25(27-23(20)24(21)29)28(19-13-9-6-10-14-19)16-18-11-7-5-8-12-18;/h5,7-8,11-12,15,19,29H,6,9-10,13-14,16-17H2,1-4H3;1H. The molecule has 0 atom stereocenters. The van der Waals surface area contributed by atoms with Crippen LogP contribution in [-0.4, -0.2) is 29.2 Å². The molecule has 0 unspecified atom stereocenters. The Morgan fingerprint density at radius 1 is 1.12 bits per heavy atom. The Hall–Kier alpha value is -2.40. The zero-order chi connectivity index (χ0) is 22.0. The third-order valence-electron chi connectivity index (χ3n) is 6.38. The van der Waals surface area contributed by atoms with E-state index in [0.29, 0.717) is 30.1 Å². The molecule has 1 saturated carbocycles. The van der Waals surface area contributed by atoms with Crippen LogP contribution in [0.1, 0.15) is 69.6 Å². The average Bonchev–Trinajstić information content (AvgIpc) is 2.78. The first-order valence-corrected chi connectivity index (χ1v) is 11.3. The van der Waals surface area contributed by atoms with Crippen LogP contribution in [-0.2, 0) is 23.3 Å². The monoisotopic (exact) mass is 458 g/mol. The molecule has 0 radical (unpaired) electrons. The van der Waals surface area contributed by atoms with Gasteiger partial charge in [0.05, 0.1) is 12.7 Å². The Bertz CT molecular complexity index is 948. The van der Waals surface area contributed by atoms with Crippen molar-refractivity contribution in [1.82, 2.24) is 4.90 Å². The minimum absolute atomic E-state index is 0. The van der Waals surface area contributed by atoms with E-state index in [1.165, 1.54) is 24.8 Å². The van der Waals surface area contributed by atoms with Gasteiger partial charge in [0, 0.05) is 18.2 Å². The van der Waals surface area contributed by atoms with E-state index in [4.69, 9.17) is 14.5 Å². The number of amidine groups is 1. The largest absolute Gasteiger partial charge is 0.505 e. The Morgan fingerprint density at radius 2 is 1.81 bits per heavy atom. The molecule has 5 nitrogen and oxygen atoms in total. The third kappa shape index (κ3) is 4.98. The molecule has 6 heteroatoms. The zero-order valence-corrected chi connectivity index (χ0v) is 20.4. The minimum atomic E-state index is -0.229. The fourth-order valence-electron chi connectivity index (χ4n) is 4.63. The van der Waals surface area contributed by atoms with Crippen LogP contribution in [0.3, 0.4) is 0 Å². The maximum Gasteiger partial charge on any atom is 0.293 e. The molecule has 0 spiro atoms. The smallest absolute Gasteiger partial charge is 0.293 e. The predicted octanol–water partition coefficient (Wildman–Crippen LogP) is 6.47. The van der Waals surface area contributed by atoms with Crippen molar-refractivity contribution in [3.8, 4) is 11.5 Å². The van der Waals surface area contributed by atoms with Gasteiger partial charge in [0.25, 0.3) is 6.02 Å². The summed E-state index contributed by atoms with van der Waals surface area (Å²) in [4.78, 5) is 7.19. The number of fused-ring (bicyclic) bond motifs is 1. The van der Waals surface area contributed by atoms with E-state index in [0.717, 1.165) is 30.5 Å². The fraction of sp³-hybridized carbons (Fsp3) is 0.500. The van der Waals surface area contributed by atoms with Gasteiger partial charge < -0.3 is 19.5 Å². The van der Waals surface area contributed by atoms with Gasteiger partial charge in [-0.05, 0) is 29.9 Å². The molecular formula is C26H35ClN2O3. The summed E-state index contributed by atoms with van der Waals surface area (Å²) in [5.41, 5.74) is 3.23. The summed E-state index contributed by atoms with van der Waals surface area (Å²) < 4.78 is 11.8. The summed E-state index contributed by atoms with van der Waals surface area (Å²) in [6.07, 6.45) is 6.03. The SMILES string of the molecule is COc1cc(C(C)(C)C)c(O)c2c1COC(N(Cc1ccccc1)C1CCCCC1)=N2.Cl. The van der Waals surface area contributed by atoms with Crippen LogP contribution in [0.2, 0.25) is 0 Å². The molecule has 2 aromatic carbocycles. The number of hydrogen-bond donors (Lipinski definition) is 1. The normalized spacial score (nSPS) is 16.3. The predicted molar refractivity (Wildman–Crippen MR) is 131 cm³/mol. The number of phenols is 1. The quantitative estimate of drug-likeness (QED) is 0.570. The second-order valence-electron chi connectivity index (χ2n) is 9.64. The third-order valence-corrected chi connectivity index (χ3v) is 6.38. The number of rotatable bonds is 4. The number of ether oxygens (including phenoxy) is 2. The molecule has 1 aliphatic carbocycles. The Morgan fingerprint density at radius 3 is 2.44 bits per heavy atom. The molecule has 0 bridgehead atoms. The molecule has 2 aliphatic rings. The van der Waals surface area contributed by atoms with E-state index < -0.39 is 0 Å². The molecule has 1 heterocycles. The first-order valence-electron chi connectivity index (χ1n) is 11.3. The molecule has 174 valence electrons. The van der Waals surface area contributed by atoms with Gasteiger partial charge in [0.2, 0.25) is 0 Å². The van der Waals surface area contributed by atoms with Gasteiger partial charge in [-0.25, -0.2) is 0 Å². The van der Waals surface area contributed by atoms with Gasteiger partial charge >= 0.3 is 0 Å². The summed E-state index contributed by atoms with van der Waals surface area (Å²) in [6.45, 7) is 7.34. The van der Waals surface area contributed by atoms with E-state index in [1.807, 2.05) is 12.1 Å². The highest BCUT2D eigenvalue weighted by atomic mass is 35.5. The van der Waals surface area contributed by atoms with Crippen LogP contribution in [0.15, 0.2) is 41.4 Å². The first kappa shape index (κ1) is 24.2. The van der Waals surface area contributed by atoms with E-state index >= 15 is 0 Å². The van der Waals surface area contributed by atoms with Crippen LogP contribution in [0.5, 0.6) is 11.5 Å². The average molecular weight is 459 g/mol. The lowest BCUT2D eigenvalue weighted by atomic mass is 9.84. The Labute approximate surface area is 197 Å². The topological polar surface area (TPSA) is 54.3 Å². The molecule has 1 N–H and O–H groups in total. The summed E-state index contributed by atoms with van der Waals surface area (Å²) >= 11 is 0. The van der Waals surface area contributed by atoms with Gasteiger partial charge in [-0.2, -0.15) is 4.99 Å². The van der Waals surface area contributed by atoms with Gasteiger partial charge in [-0.1, -0.05) is 70.4 Å². The van der Waals surface area contributed by atoms with Crippen molar-refractivity contribution >= 4 is 24.1 Å². The second-order valence-corrected chi connectivity index (χ2v) is 9.64. The van der Waals surface area contributed by atoms with Crippen LogP contribution in [0, 0.1) is 0 Å². The van der Waals surface area contributed by atoms with E-state index in [-0.39, 0.29) is 23.6 Å². The van der Waals surface area contributed by atoms with Crippen molar-refractivity contribution in [2.75, 3.05) is 7.11 Å². The van der Waals surface area contributed by atoms with Crippen LogP contribution in [0.25, 0.3) is 0 Å². The van der Waals surface area contributed by atoms with Gasteiger partial charge in [-0.15, -0.1) is 12.4 Å². The lowest BCUT2D eigenvalue weighted by Gasteiger charge is -2.37. The highest BCUT2D eigenvalue weighted by molar-refractivity contribution is 5.85. The molecule has 1 fully saturated rings. The number of methoxy groups -OCH3 is 1. The van der Waals surface area contributed by atoms with Crippen molar-refractivity contribution < 1.29 is 14.6 Å². The van der Waals surface area contributed by atoms with Crippen molar-refractivity contribution in [3.05, 3.63) is 53.1 Å². The lowest BCUT2D eigenvalue weighted by molar-refractivity contribution is 0.155. The molecule has 4 rings (SSSR count). The number of nitrogens with zero attached hydrogens (tertiary/aromatic N) is 2. The highest BCUT2D eigenvalue weighted by Crippen LogP contribution is 2.46. The zero-order valence-electron chi connectivity index (χ0n) is 19.6. The number of aromatic hydroxyl groups is 1. The molecule has 0 aromatic heterocycles. The maximum atomic E-state index is 11.2. The van der Waals surface area contributed by atoms with Gasteiger partial charge in [0.1, 0.15) is 23.8 Å². The first-order chi connectivity index (χ1) is 14.9. The fourth-order valence-corrected chi connectivity index (χ4v) is 4.63. The Balaban J connectivity index is 0.00000289. The molecule has 1 aliphatic heterocycles. The molecule has 32 heavy (non-hydrogen) atoms. The number of benzene rings is 2. The summed E-state index contributed by atoms with van der Waals surface area (Å²) in [5.74, 6) is 0.945. The molecule has 2 aromatic rings. The molecule has 0 amide bonds. The van der Waals surface area contributed by atoms with Crippen LogP contribution >= 0.6 is 12.4 Å². The number of hydrogen-bond acceptors (Lipinski definition) is 5. The van der Waals surface area contributed by atoms with Crippen molar-refractivity contribution in [1.29, 1.82) is 0 Å². The number of halogens is 1. The van der Waals surface area contributed by atoms with Crippen LogP contribution in [0.4, 0.5) is 5.69 Å². The van der Waals surface area contributed by atoms with Crippen molar-refractivity contribution in [3.63, 3.8) is 0 Å².